The number of nitriles is 1. The molecule has 1 saturated carbocycles. The van der Waals surface area contributed by atoms with Crippen molar-refractivity contribution < 1.29 is 13.6 Å². The average molecular weight is 278 g/mol. The molecule has 0 radical (unpaired) electrons. The van der Waals surface area contributed by atoms with Gasteiger partial charge in [0.2, 0.25) is 5.91 Å². The van der Waals surface area contributed by atoms with Gasteiger partial charge in [-0.05, 0) is 24.8 Å². The van der Waals surface area contributed by atoms with Crippen LogP contribution in [0.4, 0.5) is 8.78 Å². The van der Waals surface area contributed by atoms with Crippen molar-refractivity contribution in [3.8, 4) is 6.07 Å². The van der Waals surface area contributed by atoms with E-state index < -0.39 is 23.6 Å². The average Bonchev–Trinajstić information content (AvgIpc) is 2.90. The smallest absolute Gasteiger partial charge is 0.234 e. The molecular weight excluding hydrogens is 262 g/mol. The molecule has 0 spiro atoms. The van der Waals surface area contributed by atoms with Crippen molar-refractivity contribution in [2.75, 3.05) is 0 Å². The number of hydrogen-bond donors (Lipinski definition) is 1. The lowest BCUT2D eigenvalue weighted by Crippen LogP contribution is -2.33. The molecule has 1 aliphatic carbocycles. The maximum Gasteiger partial charge on any atom is 0.234 e. The van der Waals surface area contributed by atoms with Crippen molar-refractivity contribution in [1.29, 1.82) is 5.26 Å². The molecule has 3 nitrogen and oxygen atoms in total. The summed E-state index contributed by atoms with van der Waals surface area (Å²) in [5.41, 5.74) is 0.296. The van der Waals surface area contributed by atoms with Gasteiger partial charge >= 0.3 is 0 Å². The van der Waals surface area contributed by atoms with Gasteiger partial charge in [0.15, 0.2) is 0 Å². The standard InChI is InChI=1S/C15H16F2N2O/c16-11-5-6-12(13(17)9-11)15(10-3-1-2-4-10)19-14(20)7-8-18/h5-6,9-10,15H,1-4,7H2,(H,19,20)/t15-/m0/s1. The van der Waals surface area contributed by atoms with E-state index in [-0.39, 0.29) is 12.3 Å². The molecule has 1 aliphatic rings. The molecule has 1 atom stereocenters. The van der Waals surface area contributed by atoms with Crippen molar-refractivity contribution in [1.82, 2.24) is 5.32 Å². The Morgan fingerprint density at radius 2 is 2.10 bits per heavy atom. The summed E-state index contributed by atoms with van der Waals surface area (Å²) in [6, 6.07) is 4.68. The maximum atomic E-state index is 13.9. The molecule has 0 aliphatic heterocycles. The Hall–Kier alpha value is -1.96. The van der Waals surface area contributed by atoms with Gasteiger partial charge in [0.25, 0.3) is 0 Å². The highest BCUT2D eigenvalue weighted by molar-refractivity contribution is 5.78. The molecule has 1 N–H and O–H groups in total. The SMILES string of the molecule is N#CCC(=O)N[C@H](c1ccc(F)cc1F)C1CCCC1. The van der Waals surface area contributed by atoms with Crippen LogP contribution in [-0.4, -0.2) is 5.91 Å². The normalized spacial score (nSPS) is 16.6. The van der Waals surface area contributed by atoms with Crippen LogP contribution in [0.3, 0.4) is 0 Å². The summed E-state index contributed by atoms with van der Waals surface area (Å²) in [5, 5.41) is 11.3. The number of carbonyl (C=O) groups is 1. The van der Waals surface area contributed by atoms with Crippen molar-refractivity contribution in [3.63, 3.8) is 0 Å². The van der Waals surface area contributed by atoms with Crippen molar-refractivity contribution in [2.45, 2.75) is 38.1 Å². The summed E-state index contributed by atoms with van der Waals surface area (Å²) in [6.45, 7) is 0. The van der Waals surface area contributed by atoms with E-state index in [1.165, 1.54) is 12.1 Å². The highest BCUT2D eigenvalue weighted by Crippen LogP contribution is 2.36. The van der Waals surface area contributed by atoms with Crippen LogP contribution in [0.15, 0.2) is 18.2 Å². The first-order chi connectivity index (χ1) is 9.61. The number of nitrogens with zero attached hydrogens (tertiary/aromatic N) is 1. The quantitative estimate of drug-likeness (QED) is 0.919. The number of benzene rings is 1. The Morgan fingerprint density at radius 1 is 1.40 bits per heavy atom. The van der Waals surface area contributed by atoms with Crippen LogP contribution in [0.25, 0.3) is 0 Å². The summed E-state index contributed by atoms with van der Waals surface area (Å²) in [5.74, 6) is -1.58. The van der Waals surface area contributed by atoms with E-state index in [1.54, 1.807) is 6.07 Å². The Kier molecular flexibility index (Phi) is 4.67. The zero-order valence-corrected chi connectivity index (χ0v) is 11.0. The molecule has 1 aromatic carbocycles. The van der Waals surface area contributed by atoms with E-state index in [4.69, 9.17) is 5.26 Å². The zero-order chi connectivity index (χ0) is 14.5. The summed E-state index contributed by atoms with van der Waals surface area (Å²) in [6.07, 6.45) is 3.62. The minimum atomic E-state index is -0.654. The van der Waals surface area contributed by atoms with Crippen molar-refractivity contribution in [3.05, 3.63) is 35.4 Å². The minimum Gasteiger partial charge on any atom is -0.348 e. The molecule has 0 saturated heterocycles. The van der Waals surface area contributed by atoms with E-state index in [2.05, 4.69) is 5.32 Å². The van der Waals surface area contributed by atoms with Crippen molar-refractivity contribution >= 4 is 5.91 Å². The van der Waals surface area contributed by atoms with Crippen molar-refractivity contribution in [2.24, 2.45) is 5.92 Å². The fourth-order valence-corrected chi connectivity index (χ4v) is 2.79. The number of carbonyl (C=O) groups excluding carboxylic acids is 1. The largest absolute Gasteiger partial charge is 0.348 e. The second kappa shape index (κ2) is 6.47. The van der Waals surface area contributed by atoms with E-state index >= 15 is 0 Å². The van der Waals surface area contributed by atoms with Gasteiger partial charge in [-0.2, -0.15) is 5.26 Å². The zero-order valence-electron chi connectivity index (χ0n) is 11.0. The lowest BCUT2D eigenvalue weighted by Gasteiger charge is -2.25. The molecule has 0 heterocycles. The van der Waals surface area contributed by atoms with Crippen LogP contribution in [0, 0.1) is 28.9 Å². The maximum absolute atomic E-state index is 13.9. The van der Waals surface area contributed by atoms with Gasteiger partial charge < -0.3 is 5.32 Å². The van der Waals surface area contributed by atoms with Crippen LogP contribution in [0.2, 0.25) is 0 Å². The number of nitrogens with one attached hydrogen (secondary N) is 1. The molecule has 5 heteroatoms. The van der Waals surface area contributed by atoms with Gasteiger partial charge in [0.1, 0.15) is 18.1 Å². The highest BCUT2D eigenvalue weighted by Gasteiger charge is 2.29. The van der Waals surface area contributed by atoms with Gasteiger partial charge in [-0.25, -0.2) is 8.78 Å². The number of rotatable bonds is 4. The molecule has 1 fully saturated rings. The molecule has 0 aromatic heterocycles. The molecule has 0 bridgehead atoms. The number of amides is 1. The molecule has 1 aromatic rings. The van der Waals surface area contributed by atoms with Crippen LogP contribution in [0.1, 0.15) is 43.7 Å². The predicted octanol–water partition coefficient (Wildman–Crippen LogP) is 3.23. The first-order valence-electron chi connectivity index (χ1n) is 6.73. The first kappa shape index (κ1) is 14.4. The summed E-state index contributed by atoms with van der Waals surface area (Å²) in [4.78, 5) is 11.6. The molecule has 2 rings (SSSR count). The Morgan fingerprint density at radius 3 is 2.70 bits per heavy atom. The Labute approximate surface area is 116 Å². The first-order valence-corrected chi connectivity index (χ1v) is 6.73. The van der Waals surface area contributed by atoms with Gasteiger partial charge in [-0.3, -0.25) is 4.79 Å². The topological polar surface area (TPSA) is 52.9 Å². The third-order valence-electron chi connectivity index (χ3n) is 3.72. The van der Waals surface area contributed by atoms with Crippen LogP contribution >= 0.6 is 0 Å². The molecule has 106 valence electrons. The third-order valence-corrected chi connectivity index (χ3v) is 3.72. The fourth-order valence-electron chi connectivity index (χ4n) is 2.79. The Bertz CT molecular complexity index is 533. The second-order valence-electron chi connectivity index (χ2n) is 5.09. The number of halogens is 2. The van der Waals surface area contributed by atoms with E-state index in [0.717, 1.165) is 31.7 Å². The van der Waals surface area contributed by atoms with E-state index in [9.17, 15) is 13.6 Å². The third kappa shape index (κ3) is 3.32. The van der Waals surface area contributed by atoms with Gasteiger partial charge in [-0.15, -0.1) is 0 Å². The molecule has 0 unspecified atom stereocenters. The second-order valence-corrected chi connectivity index (χ2v) is 5.09. The van der Waals surface area contributed by atoms with Gasteiger partial charge in [-0.1, -0.05) is 18.9 Å². The van der Waals surface area contributed by atoms with Crippen LogP contribution < -0.4 is 5.32 Å². The van der Waals surface area contributed by atoms with E-state index in [0.29, 0.717) is 5.56 Å². The summed E-state index contributed by atoms with van der Waals surface area (Å²) >= 11 is 0. The predicted molar refractivity (Wildman–Crippen MR) is 69.4 cm³/mol. The van der Waals surface area contributed by atoms with E-state index in [1.807, 2.05) is 0 Å². The fraction of sp³-hybridized carbons (Fsp3) is 0.467. The molecule has 1 amide bonds. The number of hydrogen-bond acceptors (Lipinski definition) is 2. The summed E-state index contributed by atoms with van der Waals surface area (Å²) < 4.78 is 26.9. The minimum absolute atomic E-state index is 0.137. The monoisotopic (exact) mass is 278 g/mol. The van der Waals surface area contributed by atoms with Gasteiger partial charge in [0.05, 0.1) is 12.1 Å². The lowest BCUT2D eigenvalue weighted by atomic mass is 9.91. The van der Waals surface area contributed by atoms with Crippen LogP contribution in [-0.2, 0) is 4.79 Å². The van der Waals surface area contributed by atoms with Crippen LogP contribution in [0.5, 0.6) is 0 Å². The molecular formula is C15H16F2N2O. The highest BCUT2D eigenvalue weighted by atomic mass is 19.1. The lowest BCUT2D eigenvalue weighted by molar-refractivity contribution is -0.121. The Balaban J connectivity index is 2.25. The summed E-state index contributed by atoms with van der Waals surface area (Å²) in [7, 11) is 0. The van der Waals surface area contributed by atoms with Gasteiger partial charge in [0, 0.05) is 11.6 Å². The molecule has 20 heavy (non-hydrogen) atoms.